The van der Waals surface area contributed by atoms with Crippen molar-refractivity contribution >= 4 is 17.3 Å². The maximum absolute atomic E-state index is 12.2. The number of nitrogens with zero attached hydrogens (tertiary/aromatic N) is 2. The maximum Gasteiger partial charge on any atom is 0.223 e. The highest BCUT2D eigenvalue weighted by Gasteiger charge is 2.26. The Balaban J connectivity index is 1.45. The number of aromatic nitrogens is 1. The summed E-state index contributed by atoms with van der Waals surface area (Å²) < 4.78 is 5.88. The first-order valence-corrected chi connectivity index (χ1v) is 11.2. The van der Waals surface area contributed by atoms with Crippen LogP contribution in [0.5, 0.6) is 5.88 Å². The first-order chi connectivity index (χ1) is 14.0. The minimum Gasteiger partial charge on any atom is -0.476 e. The van der Waals surface area contributed by atoms with Crippen LogP contribution in [0.15, 0.2) is 12.3 Å². The van der Waals surface area contributed by atoms with Crippen LogP contribution in [-0.2, 0) is 4.79 Å². The molecule has 0 spiro atoms. The lowest BCUT2D eigenvalue weighted by atomic mass is 9.85. The van der Waals surface area contributed by atoms with Gasteiger partial charge >= 0.3 is 0 Å². The summed E-state index contributed by atoms with van der Waals surface area (Å²) in [6.45, 7) is 7.93. The van der Waals surface area contributed by atoms with Crippen LogP contribution in [0.1, 0.15) is 58.8 Å². The van der Waals surface area contributed by atoms with E-state index >= 15 is 0 Å². The van der Waals surface area contributed by atoms with E-state index in [0.29, 0.717) is 24.2 Å². The van der Waals surface area contributed by atoms with Crippen molar-refractivity contribution in [3.8, 4) is 5.88 Å². The second-order valence-corrected chi connectivity index (χ2v) is 8.72. The zero-order valence-corrected chi connectivity index (χ0v) is 18.0. The second-order valence-electron chi connectivity index (χ2n) is 8.72. The molecule has 1 saturated carbocycles. The molecular formula is C22H37N5O2. The van der Waals surface area contributed by atoms with Crippen LogP contribution < -0.4 is 21.1 Å². The fourth-order valence-electron chi connectivity index (χ4n) is 4.24. The zero-order chi connectivity index (χ0) is 20.6. The van der Waals surface area contributed by atoms with Crippen molar-refractivity contribution in [1.82, 2.24) is 15.2 Å². The smallest absolute Gasteiger partial charge is 0.223 e. The number of carbonyl (C=O) groups is 1. The van der Waals surface area contributed by atoms with Gasteiger partial charge in [-0.3, -0.25) is 9.69 Å². The molecule has 1 amide bonds. The molecule has 29 heavy (non-hydrogen) atoms. The SMILES string of the molecule is CC(C)NC(=O)C1CCC(Nc2cc(OCCN3CCCCC3)ncc2N)CC1. The Hall–Kier alpha value is -2.02. The average Bonchev–Trinajstić information content (AvgIpc) is 2.71. The van der Waals surface area contributed by atoms with E-state index in [1.54, 1.807) is 6.20 Å². The quantitative estimate of drug-likeness (QED) is 0.618. The van der Waals surface area contributed by atoms with Crippen LogP contribution in [0.2, 0.25) is 0 Å². The van der Waals surface area contributed by atoms with Crippen molar-refractivity contribution in [2.75, 3.05) is 37.3 Å². The Morgan fingerprint density at radius 1 is 1.24 bits per heavy atom. The fourth-order valence-corrected chi connectivity index (χ4v) is 4.24. The molecule has 2 fully saturated rings. The van der Waals surface area contributed by atoms with Gasteiger partial charge in [0, 0.05) is 30.6 Å². The molecule has 3 rings (SSSR count). The minimum absolute atomic E-state index is 0.124. The first-order valence-electron chi connectivity index (χ1n) is 11.2. The molecule has 0 aromatic carbocycles. The summed E-state index contributed by atoms with van der Waals surface area (Å²) in [6, 6.07) is 2.43. The molecule has 0 unspecified atom stereocenters. The number of piperidine rings is 1. The van der Waals surface area contributed by atoms with Crippen LogP contribution >= 0.6 is 0 Å². The molecule has 2 heterocycles. The Labute approximate surface area is 174 Å². The van der Waals surface area contributed by atoms with Crippen molar-refractivity contribution in [2.24, 2.45) is 5.92 Å². The largest absolute Gasteiger partial charge is 0.476 e. The minimum atomic E-state index is 0.124. The molecule has 0 radical (unpaired) electrons. The summed E-state index contributed by atoms with van der Waals surface area (Å²) in [5, 5.41) is 6.57. The number of hydrogen-bond donors (Lipinski definition) is 3. The lowest BCUT2D eigenvalue weighted by molar-refractivity contribution is -0.126. The summed E-state index contributed by atoms with van der Waals surface area (Å²) in [6.07, 6.45) is 9.31. The third kappa shape index (κ3) is 6.77. The summed E-state index contributed by atoms with van der Waals surface area (Å²) in [5.41, 5.74) is 7.64. The summed E-state index contributed by atoms with van der Waals surface area (Å²) in [5.74, 6) is 0.925. The average molecular weight is 404 g/mol. The Morgan fingerprint density at radius 3 is 2.66 bits per heavy atom. The van der Waals surface area contributed by atoms with Gasteiger partial charge < -0.3 is 21.1 Å². The van der Waals surface area contributed by atoms with Gasteiger partial charge in [0.1, 0.15) is 6.61 Å². The topological polar surface area (TPSA) is 92.5 Å². The lowest BCUT2D eigenvalue weighted by Crippen LogP contribution is -2.38. The van der Waals surface area contributed by atoms with Crippen molar-refractivity contribution in [2.45, 2.75) is 70.9 Å². The van der Waals surface area contributed by atoms with Crippen molar-refractivity contribution < 1.29 is 9.53 Å². The van der Waals surface area contributed by atoms with Crippen molar-refractivity contribution in [3.05, 3.63) is 12.3 Å². The van der Waals surface area contributed by atoms with Gasteiger partial charge in [0.25, 0.3) is 0 Å². The summed E-state index contributed by atoms with van der Waals surface area (Å²) in [4.78, 5) is 19.0. The van der Waals surface area contributed by atoms with Crippen LogP contribution in [0.25, 0.3) is 0 Å². The zero-order valence-electron chi connectivity index (χ0n) is 18.0. The monoisotopic (exact) mass is 403 g/mol. The molecule has 1 aromatic heterocycles. The Bertz CT molecular complexity index is 653. The van der Waals surface area contributed by atoms with Gasteiger partial charge in [0.15, 0.2) is 0 Å². The van der Waals surface area contributed by atoms with Gasteiger partial charge in [-0.15, -0.1) is 0 Å². The Kier molecular flexibility index (Phi) is 7.98. The molecule has 1 aliphatic heterocycles. The van der Waals surface area contributed by atoms with Gasteiger partial charge in [0.05, 0.1) is 17.6 Å². The van der Waals surface area contributed by atoms with E-state index in [4.69, 9.17) is 10.5 Å². The predicted octanol–water partition coefficient (Wildman–Crippen LogP) is 3.02. The van der Waals surface area contributed by atoms with E-state index in [1.165, 1.54) is 32.4 Å². The Morgan fingerprint density at radius 2 is 1.97 bits per heavy atom. The number of nitrogens with one attached hydrogen (secondary N) is 2. The van der Waals surface area contributed by atoms with Crippen molar-refractivity contribution in [1.29, 1.82) is 0 Å². The summed E-state index contributed by atoms with van der Waals surface area (Å²) in [7, 11) is 0. The molecule has 7 nitrogen and oxygen atoms in total. The maximum atomic E-state index is 12.2. The number of likely N-dealkylation sites (tertiary alicyclic amines) is 1. The standard InChI is InChI=1S/C22H37N5O2/c1-16(2)25-22(28)17-6-8-18(9-7-17)26-20-14-21(24-15-19(20)23)29-13-12-27-10-4-3-5-11-27/h14-18H,3-13,23H2,1-2H3,(H,24,26)(H,25,28). The number of rotatable bonds is 8. The van der Waals surface area contributed by atoms with Gasteiger partial charge in [-0.1, -0.05) is 6.42 Å². The fraction of sp³-hybridized carbons (Fsp3) is 0.727. The van der Waals surface area contributed by atoms with E-state index < -0.39 is 0 Å². The van der Waals surface area contributed by atoms with Crippen molar-refractivity contribution in [3.63, 3.8) is 0 Å². The van der Waals surface area contributed by atoms with Crippen LogP contribution in [0.4, 0.5) is 11.4 Å². The molecule has 0 atom stereocenters. The molecule has 1 aliphatic carbocycles. The predicted molar refractivity (Wildman–Crippen MR) is 117 cm³/mol. The molecule has 4 N–H and O–H groups in total. The number of hydrogen-bond acceptors (Lipinski definition) is 6. The molecular weight excluding hydrogens is 366 g/mol. The molecule has 7 heteroatoms. The van der Waals surface area contributed by atoms with E-state index in [2.05, 4.69) is 20.5 Å². The highest BCUT2D eigenvalue weighted by atomic mass is 16.5. The molecule has 2 aliphatic rings. The molecule has 162 valence electrons. The number of anilines is 2. The molecule has 0 bridgehead atoms. The van der Waals surface area contributed by atoms with E-state index in [9.17, 15) is 4.79 Å². The van der Waals surface area contributed by atoms with Crippen LogP contribution in [0, 0.1) is 5.92 Å². The second kappa shape index (κ2) is 10.7. The van der Waals surface area contributed by atoms with E-state index in [1.807, 2.05) is 19.9 Å². The molecule has 1 saturated heterocycles. The van der Waals surface area contributed by atoms with Crippen LogP contribution in [0.3, 0.4) is 0 Å². The van der Waals surface area contributed by atoms with Gasteiger partial charge in [-0.2, -0.15) is 0 Å². The van der Waals surface area contributed by atoms with Gasteiger partial charge in [0.2, 0.25) is 11.8 Å². The number of pyridine rings is 1. The highest BCUT2D eigenvalue weighted by molar-refractivity contribution is 5.79. The number of nitrogen functional groups attached to an aromatic ring is 1. The number of ether oxygens (including phenoxy) is 1. The van der Waals surface area contributed by atoms with Gasteiger partial charge in [-0.05, 0) is 65.5 Å². The normalized spacial score (nSPS) is 23.0. The lowest BCUT2D eigenvalue weighted by Gasteiger charge is -2.30. The summed E-state index contributed by atoms with van der Waals surface area (Å²) >= 11 is 0. The number of carbonyl (C=O) groups excluding carboxylic acids is 1. The van der Waals surface area contributed by atoms with Gasteiger partial charge in [-0.25, -0.2) is 4.98 Å². The molecule has 1 aromatic rings. The van der Waals surface area contributed by atoms with E-state index in [-0.39, 0.29) is 17.9 Å². The third-order valence-corrected chi connectivity index (χ3v) is 5.90. The number of nitrogens with two attached hydrogens (primary N) is 1. The first kappa shape index (κ1) is 21.7. The number of amides is 1. The third-order valence-electron chi connectivity index (χ3n) is 5.90. The highest BCUT2D eigenvalue weighted by Crippen LogP contribution is 2.30. The van der Waals surface area contributed by atoms with Crippen LogP contribution in [-0.4, -0.2) is 54.1 Å². The van der Waals surface area contributed by atoms with E-state index in [0.717, 1.165) is 37.9 Å².